The fourth-order valence-corrected chi connectivity index (χ4v) is 1.37. The summed E-state index contributed by atoms with van der Waals surface area (Å²) in [5, 5.41) is 2.87. The van der Waals surface area contributed by atoms with Crippen LogP contribution in [0.5, 0.6) is 0 Å². The highest BCUT2D eigenvalue weighted by molar-refractivity contribution is 5.96. The van der Waals surface area contributed by atoms with Crippen LogP contribution in [0, 0.1) is 0 Å². The van der Waals surface area contributed by atoms with Crippen molar-refractivity contribution in [2.45, 2.75) is 25.7 Å². The quantitative estimate of drug-likeness (QED) is 0.661. The zero-order chi connectivity index (χ0) is 8.10. The van der Waals surface area contributed by atoms with Crippen LogP contribution in [0.4, 0.5) is 0 Å². The fourth-order valence-electron chi connectivity index (χ4n) is 1.37. The smallest absolute Gasteiger partial charge is 0.172 e. The van der Waals surface area contributed by atoms with Crippen LogP contribution in [0.15, 0.2) is 11.6 Å². The molecule has 62 valence electrons. The number of carbonyl (C=O) groups excluding carboxylic acids is 1. The summed E-state index contributed by atoms with van der Waals surface area (Å²) in [6.07, 6.45) is 6.59. The van der Waals surface area contributed by atoms with Crippen molar-refractivity contribution in [3.05, 3.63) is 11.6 Å². The molecule has 0 atom stereocenters. The van der Waals surface area contributed by atoms with Crippen molar-refractivity contribution < 1.29 is 4.79 Å². The second-order valence-corrected chi connectivity index (χ2v) is 2.93. The van der Waals surface area contributed by atoms with Gasteiger partial charge in [0.25, 0.3) is 0 Å². The third-order valence-electron chi connectivity index (χ3n) is 1.99. The van der Waals surface area contributed by atoms with Gasteiger partial charge < -0.3 is 5.32 Å². The van der Waals surface area contributed by atoms with Gasteiger partial charge >= 0.3 is 0 Å². The first kappa shape index (κ1) is 8.47. The van der Waals surface area contributed by atoms with E-state index in [-0.39, 0.29) is 5.78 Å². The monoisotopic (exact) mass is 153 g/mol. The molecule has 0 fully saturated rings. The fraction of sp³-hybridized carbons (Fsp3) is 0.667. The van der Waals surface area contributed by atoms with Crippen LogP contribution in [0.3, 0.4) is 0 Å². The largest absolute Gasteiger partial charge is 0.313 e. The van der Waals surface area contributed by atoms with Crippen molar-refractivity contribution >= 4 is 5.78 Å². The summed E-state index contributed by atoms with van der Waals surface area (Å²) in [4.78, 5) is 11.3. The maximum Gasteiger partial charge on any atom is 0.172 e. The number of carbonyl (C=O) groups is 1. The number of rotatable bonds is 3. The van der Waals surface area contributed by atoms with Crippen LogP contribution >= 0.6 is 0 Å². The molecule has 0 saturated heterocycles. The Morgan fingerprint density at radius 2 is 2.45 bits per heavy atom. The van der Waals surface area contributed by atoms with E-state index in [1.165, 1.54) is 12.8 Å². The SMILES string of the molecule is CNCC(=O)C1=CCCCC1. The zero-order valence-electron chi connectivity index (χ0n) is 7.02. The van der Waals surface area contributed by atoms with Gasteiger partial charge in [-0.25, -0.2) is 0 Å². The third-order valence-corrected chi connectivity index (χ3v) is 1.99. The van der Waals surface area contributed by atoms with E-state index in [9.17, 15) is 4.79 Å². The van der Waals surface area contributed by atoms with E-state index < -0.39 is 0 Å². The van der Waals surface area contributed by atoms with Crippen LogP contribution < -0.4 is 5.32 Å². The van der Waals surface area contributed by atoms with Crippen LogP contribution in [-0.2, 0) is 4.79 Å². The molecular formula is C9H15NO. The average molecular weight is 153 g/mol. The Morgan fingerprint density at radius 3 is 3.00 bits per heavy atom. The molecule has 11 heavy (non-hydrogen) atoms. The molecule has 0 amide bonds. The second kappa shape index (κ2) is 4.29. The van der Waals surface area contributed by atoms with Crippen molar-refractivity contribution in [2.75, 3.05) is 13.6 Å². The molecule has 0 unspecified atom stereocenters. The third kappa shape index (κ3) is 2.46. The van der Waals surface area contributed by atoms with Gasteiger partial charge in [0.2, 0.25) is 0 Å². The zero-order valence-corrected chi connectivity index (χ0v) is 7.02. The minimum Gasteiger partial charge on any atom is -0.313 e. The molecular weight excluding hydrogens is 138 g/mol. The Balaban J connectivity index is 2.44. The van der Waals surface area contributed by atoms with Gasteiger partial charge in [0.1, 0.15) is 0 Å². The van der Waals surface area contributed by atoms with Crippen LogP contribution in [-0.4, -0.2) is 19.4 Å². The number of likely N-dealkylation sites (N-methyl/N-ethyl adjacent to an activating group) is 1. The molecule has 0 bridgehead atoms. The van der Waals surface area contributed by atoms with E-state index in [4.69, 9.17) is 0 Å². The summed E-state index contributed by atoms with van der Waals surface area (Å²) in [6, 6.07) is 0. The van der Waals surface area contributed by atoms with E-state index in [0.717, 1.165) is 18.4 Å². The summed E-state index contributed by atoms with van der Waals surface area (Å²) >= 11 is 0. The first-order valence-electron chi connectivity index (χ1n) is 4.21. The molecule has 1 aliphatic rings. The summed E-state index contributed by atoms with van der Waals surface area (Å²) in [5.74, 6) is 0.271. The van der Waals surface area contributed by atoms with Gasteiger partial charge in [0, 0.05) is 0 Å². The van der Waals surface area contributed by atoms with Crippen molar-refractivity contribution in [1.82, 2.24) is 5.32 Å². The van der Waals surface area contributed by atoms with Gasteiger partial charge in [-0.2, -0.15) is 0 Å². The highest BCUT2D eigenvalue weighted by Crippen LogP contribution is 2.17. The van der Waals surface area contributed by atoms with Crippen molar-refractivity contribution in [1.29, 1.82) is 0 Å². The summed E-state index contributed by atoms with van der Waals surface area (Å²) in [7, 11) is 1.81. The molecule has 1 N–H and O–H groups in total. The van der Waals surface area contributed by atoms with Gasteiger partial charge in [-0.3, -0.25) is 4.79 Å². The normalized spacial score (nSPS) is 17.7. The number of Topliss-reactive ketones (excluding diaryl/α,β-unsaturated/α-hetero) is 1. The van der Waals surface area contributed by atoms with Gasteiger partial charge in [0.05, 0.1) is 6.54 Å². The standard InChI is InChI=1S/C9H15NO/c1-10-7-9(11)8-5-3-2-4-6-8/h5,10H,2-4,6-7H2,1H3. The van der Waals surface area contributed by atoms with E-state index in [1.54, 1.807) is 7.05 Å². The molecule has 0 aliphatic heterocycles. The molecule has 0 heterocycles. The average Bonchev–Trinajstić information content (AvgIpc) is 2.07. The molecule has 1 rings (SSSR count). The first-order valence-corrected chi connectivity index (χ1v) is 4.21. The van der Waals surface area contributed by atoms with Crippen LogP contribution in [0.25, 0.3) is 0 Å². The second-order valence-electron chi connectivity index (χ2n) is 2.93. The molecule has 0 aromatic carbocycles. The molecule has 2 nitrogen and oxygen atoms in total. The lowest BCUT2D eigenvalue weighted by Gasteiger charge is -2.10. The maximum atomic E-state index is 11.3. The molecule has 0 aromatic rings. The number of hydrogen-bond acceptors (Lipinski definition) is 2. The number of nitrogens with one attached hydrogen (secondary N) is 1. The lowest BCUT2D eigenvalue weighted by Crippen LogP contribution is -2.20. The Labute approximate surface area is 67.7 Å². The number of ketones is 1. The van der Waals surface area contributed by atoms with Crippen LogP contribution in [0.2, 0.25) is 0 Å². The lowest BCUT2D eigenvalue weighted by molar-refractivity contribution is -0.114. The highest BCUT2D eigenvalue weighted by atomic mass is 16.1. The van der Waals surface area contributed by atoms with Crippen molar-refractivity contribution in [2.24, 2.45) is 0 Å². The highest BCUT2D eigenvalue weighted by Gasteiger charge is 2.10. The summed E-state index contributed by atoms with van der Waals surface area (Å²) < 4.78 is 0. The van der Waals surface area contributed by atoms with E-state index in [0.29, 0.717) is 6.54 Å². The minimum atomic E-state index is 0.271. The van der Waals surface area contributed by atoms with Crippen LogP contribution in [0.1, 0.15) is 25.7 Å². The molecule has 0 spiro atoms. The molecule has 0 radical (unpaired) electrons. The number of hydrogen-bond donors (Lipinski definition) is 1. The Kier molecular flexibility index (Phi) is 3.30. The van der Waals surface area contributed by atoms with Gasteiger partial charge in [-0.15, -0.1) is 0 Å². The van der Waals surface area contributed by atoms with Gasteiger partial charge in [-0.1, -0.05) is 6.08 Å². The van der Waals surface area contributed by atoms with Crippen molar-refractivity contribution in [3.8, 4) is 0 Å². The Bertz CT molecular complexity index is 172. The maximum absolute atomic E-state index is 11.3. The predicted molar refractivity (Wildman–Crippen MR) is 45.5 cm³/mol. The van der Waals surface area contributed by atoms with Gasteiger partial charge in [0.15, 0.2) is 5.78 Å². The molecule has 2 heteroatoms. The summed E-state index contributed by atoms with van der Waals surface area (Å²) in [6.45, 7) is 0.492. The van der Waals surface area contributed by atoms with E-state index in [2.05, 4.69) is 11.4 Å². The van der Waals surface area contributed by atoms with Crippen molar-refractivity contribution in [3.63, 3.8) is 0 Å². The number of allylic oxidation sites excluding steroid dienone is 1. The predicted octanol–water partition coefficient (Wildman–Crippen LogP) is 1.28. The topological polar surface area (TPSA) is 29.1 Å². The van der Waals surface area contributed by atoms with Gasteiger partial charge in [-0.05, 0) is 38.3 Å². The molecule has 0 aromatic heterocycles. The minimum absolute atomic E-state index is 0.271. The molecule has 0 saturated carbocycles. The summed E-state index contributed by atoms with van der Waals surface area (Å²) in [5.41, 5.74) is 1.03. The molecule has 1 aliphatic carbocycles. The Morgan fingerprint density at radius 1 is 1.64 bits per heavy atom. The first-order chi connectivity index (χ1) is 5.34. The van der Waals surface area contributed by atoms with E-state index in [1.807, 2.05) is 0 Å². The lowest BCUT2D eigenvalue weighted by atomic mass is 9.96. The Hall–Kier alpha value is -0.630. The van der Waals surface area contributed by atoms with E-state index >= 15 is 0 Å².